The number of ether oxygens (including phenoxy) is 1. The number of halogens is 2. The van der Waals surface area contributed by atoms with Gasteiger partial charge in [0, 0.05) is 18.0 Å². The summed E-state index contributed by atoms with van der Waals surface area (Å²) in [7, 11) is 1.82. The summed E-state index contributed by atoms with van der Waals surface area (Å²) >= 11 is 12.4. The standard InChI is InChI=1S/C24H26Cl2N2O3/c1-5-17(24(30)31-6-2)16-9-7-15(8-10-16)14(3)27-23(29)21-13-18-20(28(21)4)12-11-19(25)22(18)26/h7-14,17H,5-6H2,1-4H3,(H,27,29)/t14-,17?/m1/s1. The number of hydrogen-bond donors (Lipinski definition) is 1. The number of esters is 1. The normalized spacial score (nSPS) is 13.1. The van der Waals surface area contributed by atoms with Crippen LogP contribution < -0.4 is 5.32 Å². The van der Waals surface area contributed by atoms with E-state index in [9.17, 15) is 9.59 Å². The molecule has 2 aromatic carbocycles. The van der Waals surface area contributed by atoms with Crippen LogP contribution in [0.25, 0.3) is 10.9 Å². The number of nitrogens with zero attached hydrogens (tertiary/aromatic N) is 1. The Morgan fingerprint density at radius 1 is 1.06 bits per heavy atom. The first-order valence-corrected chi connectivity index (χ1v) is 11.0. The minimum atomic E-state index is -0.286. The minimum Gasteiger partial charge on any atom is -0.466 e. The third kappa shape index (κ3) is 4.73. The van der Waals surface area contributed by atoms with Crippen molar-refractivity contribution in [3.63, 3.8) is 0 Å². The van der Waals surface area contributed by atoms with Gasteiger partial charge in [-0.05, 0) is 49.6 Å². The molecular formula is C24H26Cl2N2O3. The first kappa shape index (κ1) is 23.2. The molecule has 1 unspecified atom stereocenters. The summed E-state index contributed by atoms with van der Waals surface area (Å²) in [5.41, 5.74) is 3.18. The van der Waals surface area contributed by atoms with Gasteiger partial charge >= 0.3 is 5.97 Å². The second-order valence-corrected chi connectivity index (χ2v) is 8.24. The van der Waals surface area contributed by atoms with E-state index < -0.39 is 0 Å². The van der Waals surface area contributed by atoms with Gasteiger partial charge < -0.3 is 14.6 Å². The van der Waals surface area contributed by atoms with Gasteiger partial charge in [0.1, 0.15) is 5.69 Å². The molecule has 0 saturated heterocycles. The van der Waals surface area contributed by atoms with Crippen LogP contribution in [0, 0.1) is 0 Å². The smallest absolute Gasteiger partial charge is 0.313 e. The van der Waals surface area contributed by atoms with Gasteiger partial charge in [0.25, 0.3) is 5.91 Å². The Balaban J connectivity index is 1.77. The lowest BCUT2D eigenvalue weighted by Gasteiger charge is -2.17. The molecule has 2 atom stereocenters. The summed E-state index contributed by atoms with van der Waals surface area (Å²) in [5, 5.41) is 4.65. The van der Waals surface area contributed by atoms with Crippen LogP contribution in [0.1, 0.15) is 60.8 Å². The second-order valence-electron chi connectivity index (χ2n) is 7.46. The zero-order valence-electron chi connectivity index (χ0n) is 18.0. The molecule has 0 fully saturated rings. The zero-order chi connectivity index (χ0) is 22.7. The Morgan fingerprint density at radius 3 is 2.32 bits per heavy atom. The van der Waals surface area contributed by atoms with Crippen LogP contribution in [0.2, 0.25) is 10.0 Å². The van der Waals surface area contributed by atoms with Gasteiger partial charge in [-0.25, -0.2) is 0 Å². The van der Waals surface area contributed by atoms with Crippen molar-refractivity contribution in [1.29, 1.82) is 0 Å². The van der Waals surface area contributed by atoms with Crippen molar-refractivity contribution in [2.45, 2.75) is 39.2 Å². The maximum Gasteiger partial charge on any atom is 0.313 e. The molecule has 1 aromatic heterocycles. The highest BCUT2D eigenvalue weighted by molar-refractivity contribution is 6.45. The summed E-state index contributed by atoms with van der Waals surface area (Å²) in [4.78, 5) is 25.1. The zero-order valence-corrected chi connectivity index (χ0v) is 19.6. The van der Waals surface area contributed by atoms with Crippen LogP contribution in [0.3, 0.4) is 0 Å². The monoisotopic (exact) mass is 460 g/mol. The number of rotatable bonds is 7. The topological polar surface area (TPSA) is 60.3 Å². The van der Waals surface area contributed by atoms with E-state index in [1.807, 2.05) is 51.2 Å². The molecular weight excluding hydrogens is 435 g/mol. The number of benzene rings is 2. The van der Waals surface area contributed by atoms with E-state index in [-0.39, 0.29) is 23.8 Å². The van der Waals surface area contributed by atoms with Gasteiger partial charge in [0.15, 0.2) is 0 Å². The maximum absolute atomic E-state index is 12.9. The van der Waals surface area contributed by atoms with Crippen molar-refractivity contribution in [2.75, 3.05) is 6.61 Å². The number of aryl methyl sites for hydroxylation is 1. The Hall–Kier alpha value is -2.50. The molecule has 7 heteroatoms. The average Bonchev–Trinajstić information content (AvgIpc) is 3.09. The van der Waals surface area contributed by atoms with Gasteiger partial charge in [-0.2, -0.15) is 0 Å². The SMILES string of the molecule is CCOC(=O)C(CC)c1ccc([C@@H](C)NC(=O)c2cc3c(Cl)c(Cl)ccc3n2C)cc1. The van der Waals surface area contributed by atoms with E-state index in [1.54, 1.807) is 23.6 Å². The molecule has 164 valence electrons. The highest BCUT2D eigenvalue weighted by Gasteiger charge is 2.21. The molecule has 31 heavy (non-hydrogen) atoms. The summed E-state index contributed by atoms with van der Waals surface area (Å²) in [6.07, 6.45) is 0.665. The van der Waals surface area contributed by atoms with Crippen molar-refractivity contribution >= 4 is 46.0 Å². The first-order valence-electron chi connectivity index (χ1n) is 10.3. The van der Waals surface area contributed by atoms with Crippen molar-refractivity contribution in [2.24, 2.45) is 7.05 Å². The molecule has 5 nitrogen and oxygen atoms in total. The number of hydrogen-bond acceptors (Lipinski definition) is 3. The van der Waals surface area contributed by atoms with Crippen molar-refractivity contribution in [3.05, 3.63) is 69.3 Å². The lowest BCUT2D eigenvalue weighted by atomic mass is 9.94. The van der Waals surface area contributed by atoms with Gasteiger partial charge in [-0.3, -0.25) is 9.59 Å². The Labute approximate surface area is 192 Å². The van der Waals surface area contributed by atoms with Crippen LogP contribution >= 0.6 is 23.2 Å². The van der Waals surface area contributed by atoms with E-state index in [4.69, 9.17) is 27.9 Å². The fourth-order valence-electron chi connectivity index (χ4n) is 3.72. The highest BCUT2D eigenvalue weighted by Crippen LogP contribution is 2.32. The van der Waals surface area contributed by atoms with E-state index in [2.05, 4.69) is 5.32 Å². The number of carbonyl (C=O) groups excluding carboxylic acids is 2. The predicted molar refractivity (Wildman–Crippen MR) is 125 cm³/mol. The van der Waals surface area contributed by atoms with Gasteiger partial charge in [-0.15, -0.1) is 0 Å². The van der Waals surface area contributed by atoms with Crippen LogP contribution in [0.5, 0.6) is 0 Å². The second kappa shape index (κ2) is 9.75. The van der Waals surface area contributed by atoms with E-state index in [1.165, 1.54) is 0 Å². The number of aromatic nitrogens is 1. The van der Waals surface area contributed by atoms with E-state index in [0.717, 1.165) is 22.0 Å². The Kier molecular flexibility index (Phi) is 7.29. The molecule has 3 rings (SSSR count). The molecule has 0 radical (unpaired) electrons. The fraction of sp³-hybridized carbons (Fsp3) is 0.333. The molecule has 0 aliphatic rings. The van der Waals surface area contributed by atoms with Crippen LogP contribution in [0.15, 0.2) is 42.5 Å². The molecule has 1 heterocycles. The van der Waals surface area contributed by atoms with Crippen molar-refractivity contribution in [1.82, 2.24) is 9.88 Å². The third-order valence-electron chi connectivity index (χ3n) is 5.51. The quantitative estimate of drug-likeness (QED) is 0.437. The lowest BCUT2D eigenvalue weighted by Crippen LogP contribution is -2.28. The molecule has 0 aliphatic heterocycles. The molecule has 1 N–H and O–H groups in total. The molecule has 0 bridgehead atoms. The highest BCUT2D eigenvalue weighted by atomic mass is 35.5. The minimum absolute atomic E-state index is 0.208. The summed E-state index contributed by atoms with van der Waals surface area (Å²) < 4.78 is 6.96. The maximum atomic E-state index is 12.9. The molecule has 0 aliphatic carbocycles. The predicted octanol–water partition coefficient (Wildman–Crippen LogP) is 6.03. The lowest BCUT2D eigenvalue weighted by molar-refractivity contribution is -0.145. The number of fused-ring (bicyclic) bond motifs is 1. The largest absolute Gasteiger partial charge is 0.466 e. The van der Waals surface area contributed by atoms with Crippen molar-refractivity contribution < 1.29 is 14.3 Å². The Bertz CT molecular complexity index is 1110. The van der Waals surface area contributed by atoms with E-state index >= 15 is 0 Å². The van der Waals surface area contributed by atoms with Crippen molar-refractivity contribution in [3.8, 4) is 0 Å². The van der Waals surface area contributed by atoms with Gasteiger partial charge in [0.05, 0.1) is 28.6 Å². The Morgan fingerprint density at radius 2 is 1.71 bits per heavy atom. The average molecular weight is 461 g/mol. The first-order chi connectivity index (χ1) is 14.8. The van der Waals surface area contributed by atoms with E-state index in [0.29, 0.717) is 28.8 Å². The van der Waals surface area contributed by atoms with Crippen LogP contribution in [0.4, 0.5) is 0 Å². The molecule has 0 spiro atoms. The number of carbonyl (C=O) groups is 2. The number of amides is 1. The van der Waals surface area contributed by atoms with Gasteiger partial charge in [0.2, 0.25) is 0 Å². The summed E-state index contributed by atoms with van der Waals surface area (Å²) in [6.45, 7) is 6.04. The van der Waals surface area contributed by atoms with Crippen LogP contribution in [-0.4, -0.2) is 23.1 Å². The fourth-order valence-corrected chi connectivity index (χ4v) is 4.10. The summed E-state index contributed by atoms with van der Waals surface area (Å²) in [6, 6.07) is 12.8. The number of nitrogens with one attached hydrogen (secondary N) is 1. The molecule has 3 aromatic rings. The molecule has 1 amide bonds. The summed E-state index contributed by atoms with van der Waals surface area (Å²) in [5.74, 6) is -0.708. The van der Waals surface area contributed by atoms with Crippen LogP contribution in [-0.2, 0) is 16.6 Å². The molecule has 0 saturated carbocycles. The third-order valence-corrected chi connectivity index (χ3v) is 6.33. The van der Waals surface area contributed by atoms with Gasteiger partial charge in [-0.1, -0.05) is 54.4 Å².